The standard InChI is InChI=1S/C15H8ClF2NO/c16-11-2-1-3-13-14(11)10(7-19-13)15(20)9-5-4-8(17)6-12(9)18/h1-7,19H. The van der Waals surface area contributed by atoms with Crippen molar-refractivity contribution in [2.24, 2.45) is 0 Å². The fourth-order valence-corrected chi connectivity index (χ4v) is 2.41. The number of fused-ring (bicyclic) bond motifs is 1. The summed E-state index contributed by atoms with van der Waals surface area (Å²) in [7, 11) is 0. The maximum Gasteiger partial charge on any atom is 0.198 e. The minimum atomic E-state index is -0.892. The van der Waals surface area contributed by atoms with Crippen LogP contribution in [0.25, 0.3) is 10.9 Å². The molecule has 5 heteroatoms. The van der Waals surface area contributed by atoms with Gasteiger partial charge in [0.2, 0.25) is 0 Å². The van der Waals surface area contributed by atoms with Crippen molar-refractivity contribution >= 4 is 28.3 Å². The van der Waals surface area contributed by atoms with E-state index in [0.717, 1.165) is 12.1 Å². The van der Waals surface area contributed by atoms with Crippen LogP contribution in [-0.2, 0) is 0 Å². The van der Waals surface area contributed by atoms with Crippen LogP contribution in [0.2, 0.25) is 5.02 Å². The molecule has 0 amide bonds. The fraction of sp³-hybridized carbons (Fsp3) is 0. The third-order valence-electron chi connectivity index (χ3n) is 3.08. The number of halogens is 3. The highest BCUT2D eigenvalue weighted by Crippen LogP contribution is 2.28. The van der Waals surface area contributed by atoms with Crippen LogP contribution in [0.1, 0.15) is 15.9 Å². The van der Waals surface area contributed by atoms with E-state index in [1.807, 2.05) is 0 Å². The van der Waals surface area contributed by atoms with Crippen LogP contribution in [0, 0.1) is 11.6 Å². The van der Waals surface area contributed by atoms with Crippen molar-refractivity contribution in [3.05, 3.63) is 70.4 Å². The molecule has 20 heavy (non-hydrogen) atoms. The Kier molecular flexibility index (Phi) is 3.03. The second-order valence-electron chi connectivity index (χ2n) is 4.32. The van der Waals surface area contributed by atoms with Gasteiger partial charge in [-0.2, -0.15) is 0 Å². The molecular weight excluding hydrogens is 284 g/mol. The molecule has 1 aromatic heterocycles. The first-order valence-corrected chi connectivity index (χ1v) is 6.21. The van der Waals surface area contributed by atoms with Crippen molar-refractivity contribution in [3.8, 4) is 0 Å². The van der Waals surface area contributed by atoms with Gasteiger partial charge in [0, 0.05) is 28.7 Å². The molecule has 0 atom stereocenters. The van der Waals surface area contributed by atoms with Crippen LogP contribution in [0.5, 0.6) is 0 Å². The van der Waals surface area contributed by atoms with Crippen LogP contribution in [-0.4, -0.2) is 10.8 Å². The molecule has 0 aliphatic heterocycles. The van der Waals surface area contributed by atoms with Gasteiger partial charge >= 0.3 is 0 Å². The molecule has 0 aliphatic carbocycles. The van der Waals surface area contributed by atoms with Crippen LogP contribution in [0.15, 0.2) is 42.6 Å². The summed E-state index contributed by atoms with van der Waals surface area (Å²) in [5.41, 5.74) is 0.756. The third-order valence-corrected chi connectivity index (χ3v) is 3.39. The second-order valence-corrected chi connectivity index (χ2v) is 4.73. The lowest BCUT2D eigenvalue weighted by atomic mass is 10.0. The molecule has 0 saturated heterocycles. The highest BCUT2D eigenvalue weighted by molar-refractivity contribution is 6.37. The van der Waals surface area contributed by atoms with Gasteiger partial charge in [-0.1, -0.05) is 17.7 Å². The Hall–Kier alpha value is -2.20. The predicted molar refractivity (Wildman–Crippen MR) is 73.1 cm³/mol. The zero-order valence-corrected chi connectivity index (χ0v) is 10.8. The van der Waals surface area contributed by atoms with Crippen LogP contribution < -0.4 is 0 Å². The molecule has 2 nitrogen and oxygen atoms in total. The molecule has 1 N–H and O–H groups in total. The average Bonchev–Trinajstić information content (AvgIpc) is 2.83. The fourth-order valence-electron chi connectivity index (χ4n) is 2.14. The van der Waals surface area contributed by atoms with Crippen molar-refractivity contribution < 1.29 is 13.6 Å². The van der Waals surface area contributed by atoms with Crippen LogP contribution in [0.3, 0.4) is 0 Å². The number of carbonyl (C=O) groups is 1. The molecule has 3 rings (SSSR count). The van der Waals surface area contributed by atoms with Gasteiger partial charge in [-0.25, -0.2) is 8.78 Å². The molecule has 0 spiro atoms. The molecule has 1 heterocycles. The Balaban J connectivity index is 2.18. The molecule has 2 aromatic carbocycles. The number of H-pyrrole nitrogens is 1. The molecule has 100 valence electrons. The molecule has 0 bridgehead atoms. The molecule has 0 saturated carbocycles. The number of aromatic amines is 1. The molecule has 0 fully saturated rings. The summed E-state index contributed by atoms with van der Waals surface area (Å²) in [6.45, 7) is 0. The number of aromatic nitrogens is 1. The maximum atomic E-state index is 13.7. The number of carbonyl (C=O) groups excluding carboxylic acids is 1. The smallest absolute Gasteiger partial charge is 0.198 e. The van der Waals surface area contributed by atoms with E-state index in [1.165, 1.54) is 6.20 Å². The van der Waals surface area contributed by atoms with E-state index in [0.29, 0.717) is 22.0 Å². The van der Waals surface area contributed by atoms with Crippen molar-refractivity contribution in [2.45, 2.75) is 0 Å². The van der Waals surface area contributed by atoms with Gasteiger partial charge in [0.1, 0.15) is 11.6 Å². The largest absolute Gasteiger partial charge is 0.360 e. The number of hydrogen-bond donors (Lipinski definition) is 1. The van der Waals surface area contributed by atoms with Gasteiger partial charge in [-0.3, -0.25) is 4.79 Å². The first-order valence-electron chi connectivity index (χ1n) is 5.83. The Morgan fingerprint density at radius 1 is 1.10 bits per heavy atom. The first kappa shape index (κ1) is 12.8. The van der Waals surface area contributed by atoms with Crippen molar-refractivity contribution in [2.75, 3.05) is 0 Å². The number of hydrogen-bond acceptors (Lipinski definition) is 1. The van der Waals surface area contributed by atoms with E-state index in [2.05, 4.69) is 4.98 Å². The summed E-state index contributed by atoms with van der Waals surface area (Å²) in [5, 5.41) is 0.928. The number of benzene rings is 2. The predicted octanol–water partition coefficient (Wildman–Crippen LogP) is 4.33. The van der Waals surface area contributed by atoms with Crippen LogP contribution >= 0.6 is 11.6 Å². The van der Waals surface area contributed by atoms with E-state index in [-0.39, 0.29) is 11.1 Å². The van der Waals surface area contributed by atoms with E-state index in [4.69, 9.17) is 11.6 Å². The highest BCUT2D eigenvalue weighted by atomic mass is 35.5. The van der Waals surface area contributed by atoms with Gasteiger partial charge < -0.3 is 4.98 Å². The Bertz CT molecular complexity index is 826. The van der Waals surface area contributed by atoms with Gasteiger partial charge in [-0.05, 0) is 24.3 Å². The summed E-state index contributed by atoms with van der Waals surface area (Å²) in [5.74, 6) is -2.16. The molecule has 0 aliphatic rings. The summed E-state index contributed by atoms with van der Waals surface area (Å²) in [6.07, 6.45) is 1.47. The molecule has 0 unspecified atom stereocenters. The minimum absolute atomic E-state index is 0.188. The molecular formula is C15H8ClF2NO. The lowest BCUT2D eigenvalue weighted by Crippen LogP contribution is -2.04. The van der Waals surface area contributed by atoms with Crippen molar-refractivity contribution in [1.29, 1.82) is 0 Å². The van der Waals surface area contributed by atoms with E-state index in [1.54, 1.807) is 18.2 Å². The average molecular weight is 292 g/mol. The Morgan fingerprint density at radius 2 is 1.90 bits per heavy atom. The quantitative estimate of drug-likeness (QED) is 0.700. The zero-order chi connectivity index (χ0) is 14.3. The van der Waals surface area contributed by atoms with E-state index < -0.39 is 17.4 Å². The second kappa shape index (κ2) is 4.72. The summed E-state index contributed by atoms with van der Waals surface area (Å²) >= 11 is 6.07. The normalized spacial score (nSPS) is 10.9. The number of nitrogens with one attached hydrogen (secondary N) is 1. The molecule has 0 radical (unpaired) electrons. The van der Waals surface area contributed by atoms with Gasteiger partial charge in [0.05, 0.1) is 10.6 Å². The lowest BCUT2D eigenvalue weighted by molar-refractivity contribution is 0.103. The summed E-state index contributed by atoms with van der Waals surface area (Å²) in [4.78, 5) is 15.3. The first-order chi connectivity index (χ1) is 9.58. The summed E-state index contributed by atoms with van der Waals surface area (Å²) in [6, 6.07) is 8.02. The zero-order valence-electron chi connectivity index (χ0n) is 10.1. The summed E-state index contributed by atoms with van der Waals surface area (Å²) < 4.78 is 26.6. The van der Waals surface area contributed by atoms with Gasteiger partial charge in [0.25, 0.3) is 0 Å². The van der Waals surface area contributed by atoms with Gasteiger partial charge in [0.15, 0.2) is 5.78 Å². The van der Waals surface area contributed by atoms with Crippen molar-refractivity contribution in [1.82, 2.24) is 4.98 Å². The SMILES string of the molecule is O=C(c1ccc(F)cc1F)c1c[nH]c2cccc(Cl)c12. The van der Waals surface area contributed by atoms with E-state index >= 15 is 0 Å². The number of rotatable bonds is 2. The topological polar surface area (TPSA) is 32.9 Å². The third kappa shape index (κ3) is 1.98. The maximum absolute atomic E-state index is 13.7. The highest BCUT2D eigenvalue weighted by Gasteiger charge is 2.19. The Labute approximate surface area is 118 Å². The number of ketones is 1. The van der Waals surface area contributed by atoms with E-state index in [9.17, 15) is 13.6 Å². The Morgan fingerprint density at radius 3 is 2.65 bits per heavy atom. The van der Waals surface area contributed by atoms with Gasteiger partial charge in [-0.15, -0.1) is 0 Å². The van der Waals surface area contributed by atoms with Crippen molar-refractivity contribution in [3.63, 3.8) is 0 Å². The minimum Gasteiger partial charge on any atom is -0.360 e. The molecule has 3 aromatic rings. The lowest BCUT2D eigenvalue weighted by Gasteiger charge is -2.03. The van der Waals surface area contributed by atoms with Crippen LogP contribution in [0.4, 0.5) is 8.78 Å². The monoisotopic (exact) mass is 291 g/mol.